The van der Waals surface area contributed by atoms with Crippen molar-refractivity contribution in [1.82, 2.24) is 19.6 Å². The lowest BCUT2D eigenvalue weighted by molar-refractivity contribution is 0.343. The molecule has 0 amide bonds. The normalized spacial score (nSPS) is 14.5. The van der Waals surface area contributed by atoms with Crippen molar-refractivity contribution in [1.29, 1.82) is 0 Å². The molecule has 0 aromatic carbocycles. The van der Waals surface area contributed by atoms with Gasteiger partial charge in [-0.2, -0.15) is 4.98 Å². The highest BCUT2D eigenvalue weighted by Crippen LogP contribution is 2.29. The van der Waals surface area contributed by atoms with Crippen LogP contribution in [0.3, 0.4) is 0 Å². The lowest BCUT2D eigenvalue weighted by Crippen LogP contribution is -2.30. The third-order valence-corrected chi connectivity index (χ3v) is 4.53. The molecule has 0 saturated carbocycles. The van der Waals surface area contributed by atoms with Crippen LogP contribution < -0.4 is 19.7 Å². The minimum atomic E-state index is 0.433. The second-order valence-corrected chi connectivity index (χ2v) is 6.19. The number of hydrogen-bond donors (Lipinski definition) is 1. The summed E-state index contributed by atoms with van der Waals surface area (Å²) in [6.45, 7) is 2.06. The van der Waals surface area contributed by atoms with E-state index in [4.69, 9.17) is 14.6 Å². The molecule has 3 aromatic heterocycles. The molecule has 26 heavy (non-hydrogen) atoms. The SMILES string of the molecule is COc1ccc(Nc2cc(N3CCCCC3)nn3ccnc23)nc1OC. The molecule has 8 nitrogen and oxygen atoms in total. The topological polar surface area (TPSA) is 76.8 Å². The van der Waals surface area contributed by atoms with Gasteiger partial charge in [-0.05, 0) is 31.4 Å². The van der Waals surface area contributed by atoms with Crippen molar-refractivity contribution in [2.45, 2.75) is 19.3 Å². The summed E-state index contributed by atoms with van der Waals surface area (Å²) in [6.07, 6.45) is 7.28. The van der Waals surface area contributed by atoms with Crippen molar-refractivity contribution in [3.05, 3.63) is 30.6 Å². The highest BCUT2D eigenvalue weighted by Gasteiger charge is 2.16. The van der Waals surface area contributed by atoms with Gasteiger partial charge in [0.15, 0.2) is 17.2 Å². The van der Waals surface area contributed by atoms with E-state index in [9.17, 15) is 0 Å². The minimum absolute atomic E-state index is 0.433. The zero-order valence-corrected chi connectivity index (χ0v) is 15.0. The average molecular weight is 354 g/mol. The van der Waals surface area contributed by atoms with E-state index in [0.717, 1.165) is 30.2 Å². The number of aromatic nitrogens is 4. The number of methoxy groups -OCH3 is 2. The van der Waals surface area contributed by atoms with E-state index in [2.05, 4.69) is 20.2 Å². The molecule has 1 aliphatic heterocycles. The molecule has 0 spiro atoms. The third kappa shape index (κ3) is 3.10. The monoisotopic (exact) mass is 354 g/mol. The Hall–Kier alpha value is -3.03. The van der Waals surface area contributed by atoms with Crippen LogP contribution >= 0.6 is 0 Å². The summed E-state index contributed by atoms with van der Waals surface area (Å²) >= 11 is 0. The zero-order valence-electron chi connectivity index (χ0n) is 15.0. The summed E-state index contributed by atoms with van der Waals surface area (Å²) in [6, 6.07) is 5.71. The number of rotatable bonds is 5. The van der Waals surface area contributed by atoms with E-state index in [1.165, 1.54) is 19.3 Å². The molecule has 1 fully saturated rings. The van der Waals surface area contributed by atoms with Gasteiger partial charge in [0.25, 0.3) is 5.88 Å². The van der Waals surface area contributed by atoms with Crippen LogP contribution in [0.15, 0.2) is 30.6 Å². The predicted molar refractivity (Wildman–Crippen MR) is 99.7 cm³/mol. The van der Waals surface area contributed by atoms with Gasteiger partial charge in [-0.15, -0.1) is 5.10 Å². The Morgan fingerprint density at radius 1 is 1.08 bits per heavy atom. The maximum atomic E-state index is 5.29. The molecule has 0 aliphatic carbocycles. The summed E-state index contributed by atoms with van der Waals surface area (Å²) < 4.78 is 12.3. The van der Waals surface area contributed by atoms with Gasteiger partial charge in [-0.25, -0.2) is 9.50 Å². The van der Waals surface area contributed by atoms with Gasteiger partial charge < -0.3 is 19.7 Å². The minimum Gasteiger partial charge on any atom is -0.491 e. The standard InChI is InChI=1S/C18H22N6O2/c1-25-14-6-7-15(21-18(14)26-2)20-13-12-16(23-9-4-3-5-10-23)22-24-11-8-19-17(13)24/h6-8,11-12H,3-5,9-10H2,1-2H3,(H,20,21). The number of pyridine rings is 1. The van der Waals surface area contributed by atoms with Gasteiger partial charge in [-0.3, -0.25) is 0 Å². The number of fused-ring (bicyclic) bond motifs is 1. The summed E-state index contributed by atoms with van der Waals surface area (Å²) in [5.41, 5.74) is 1.60. The molecule has 8 heteroatoms. The molecule has 3 aromatic rings. The van der Waals surface area contributed by atoms with E-state index >= 15 is 0 Å². The molecule has 0 radical (unpaired) electrons. The van der Waals surface area contributed by atoms with Crippen LogP contribution in [-0.4, -0.2) is 46.9 Å². The summed E-state index contributed by atoms with van der Waals surface area (Å²) in [4.78, 5) is 11.2. The van der Waals surface area contributed by atoms with Crippen LogP contribution in [0.25, 0.3) is 5.65 Å². The lowest BCUT2D eigenvalue weighted by Gasteiger charge is -2.28. The fourth-order valence-electron chi connectivity index (χ4n) is 3.21. The number of nitrogens with zero attached hydrogens (tertiary/aromatic N) is 5. The lowest BCUT2D eigenvalue weighted by atomic mass is 10.1. The highest BCUT2D eigenvalue weighted by molar-refractivity contribution is 5.75. The van der Waals surface area contributed by atoms with Gasteiger partial charge in [0.1, 0.15) is 5.82 Å². The number of anilines is 3. The Kier molecular flexibility index (Phi) is 4.47. The van der Waals surface area contributed by atoms with Crippen molar-refractivity contribution < 1.29 is 9.47 Å². The molecule has 4 heterocycles. The van der Waals surface area contributed by atoms with Crippen LogP contribution in [0.2, 0.25) is 0 Å². The van der Waals surface area contributed by atoms with E-state index in [1.807, 2.05) is 24.4 Å². The first-order valence-electron chi connectivity index (χ1n) is 8.74. The highest BCUT2D eigenvalue weighted by atomic mass is 16.5. The first kappa shape index (κ1) is 16.4. The van der Waals surface area contributed by atoms with Crippen LogP contribution in [0.4, 0.5) is 17.3 Å². The molecule has 0 unspecified atom stereocenters. The van der Waals surface area contributed by atoms with Crippen LogP contribution in [0.5, 0.6) is 11.6 Å². The molecule has 1 N–H and O–H groups in total. The molecular formula is C18H22N6O2. The number of piperidine rings is 1. The van der Waals surface area contributed by atoms with Crippen molar-refractivity contribution >= 4 is 23.0 Å². The predicted octanol–water partition coefficient (Wildman–Crippen LogP) is 2.88. The number of hydrogen-bond acceptors (Lipinski definition) is 7. The fraction of sp³-hybridized carbons (Fsp3) is 0.389. The maximum absolute atomic E-state index is 5.29. The van der Waals surface area contributed by atoms with E-state index in [0.29, 0.717) is 17.4 Å². The first-order valence-corrected chi connectivity index (χ1v) is 8.74. The third-order valence-electron chi connectivity index (χ3n) is 4.53. The largest absolute Gasteiger partial charge is 0.491 e. The zero-order chi connectivity index (χ0) is 17.9. The first-order chi connectivity index (χ1) is 12.8. The van der Waals surface area contributed by atoms with Gasteiger partial charge in [0.05, 0.1) is 19.9 Å². The number of imidazole rings is 1. The van der Waals surface area contributed by atoms with Gasteiger partial charge in [0.2, 0.25) is 0 Å². The van der Waals surface area contributed by atoms with Crippen LogP contribution in [0.1, 0.15) is 19.3 Å². The van der Waals surface area contributed by atoms with Crippen molar-refractivity contribution in [2.75, 3.05) is 37.5 Å². The fourth-order valence-corrected chi connectivity index (χ4v) is 3.21. The van der Waals surface area contributed by atoms with Gasteiger partial charge in [-0.1, -0.05) is 0 Å². The van der Waals surface area contributed by atoms with Crippen LogP contribution in [-0.2, 0) is 0 Å². The summed E-state index contributed by atoms with van der Waals surface area (Å²) in [5.74, 6) is 2.62. The van der Waals surface area contributed by atoms with E-state index < -0.39 is 0 Å². The van der Waals surface area contributed by atoms with Crippen molar-refractivity contribution in [3.8, 4) is 11.6 Å². The van der Waals surface area contributed by atoms with Gasteiger partial charge in [0, 0.05) is 31.5 Å². The molecule has 4 rings (SSSR count). The smallest absolute Gasteiger partial charge is 0.258 e. The Bertz CT molecular complexity index is 904. The Balaban J connectivity index is 1.70. The molecule has 1 saturated heterocycles. The maximum Gasteiger partial charge on any atom is 0.258 e. The quantitative estimate of drug-likeness (QED) is 0.755. The van der Waals surface area contributed by atoms with E-state index in [-0.39, 0.29) is 0 Å². The molecule has 1 aliphatic rings. The molecule has 136 valence electrons. The summed E-state index contributed by atoms with van der Waals surface area (Å²) in [7, 11) is 3.16. The van der Waals surface area contributed by atoms with Crippen molar-refractivity contribution in [3.63, 3.8) is 0 Å². The Labute approximate surface area is 151 Å². The Morgan fingerprint density at radius 3 is 2.69 bits per heavy atom. The molecular weight excluding hydrogens is 332 g/mol. The Morgan fingerprint density at radius 2 is 1.92 bits per heavy atom. The number of ether oxygens (including phenoxy) is 2. The van der Waals surface area contributed by atoms with Crippen LogP contribution in [0, 0.1) is 0 Å². The van der Waals surface area contributed by atoms with E-state index in [1.54, 1.807) is 24.9 Å². The second-order valence-electron chi connectivity index (χ2n) is 6.19. The molecule has 0 atom stereocenters. The van der Waals surface area contributed by atoms with Gasteiger partial charge >= 0.3 is 0 Å². The number of nitrogens with one attached hydrogen (secondary N) is 1. The van der Waals surface area contributed by atoms with Crippen molar-refractivity contribution in [2.24, 2.45) is 0 Å². The average Bonchev–Trinajstić information content (AvgIpc) is 3.17. The summed E-state index contributed by atoms with van der Waals surface area (Å²) in [5, 5.41) is 8.04. The molecule has 0 bridgehead atoms. The second kappa shape index (κ2) is 7.07.